The van der Waals surface area contributed by atoms with E-state index < -0.39 is 8.56 Å². The molecular formula is C58H99NO4Si. The van der Waals surface area contributed by atoms with Gasteiger partial charge in [-0.25, -0.2) is 0 Å². The van der Waals surface area contributed by atoms with Crippen molar-refractivity contribution in [1.29, 1.82) is 0 Å². The van der Waals surface area contributed by atoms with Gasteiger partial charge in [-0.3, -0.25) is 4.90 Å². The smallest absolute Gasteiger partial charge is 0.334 e. The van der Waals surface area contributed by atoms with Crippen molar-refractivity contribution in [2.24, 2.45) is 0 Å². The van der Waals surface area contributed by atoms with Crippen LogP contribution in [0.3, 0.4) is 0 Å². The van der Waals surface area contributed by atoms with E-state index in [4.69, 9.17) is 24.7 Å². The van der Waals surface area contributed by atoms with Crippen molar-refractivity contribution in [1.82, 2.24) is 4.90 Å². The van der Waals surface area contributed by atoms with Gasteiger partial charge >= 0.3 is 8.56 Å². The van der Waals surface area contributed by atoms with Gasteiger partial charge in [-0.15, -0.1) is 6.42 Å². The predicted molar refractivity (Wildman–Crippen MR) is 281 cm³/mol. The highest BCUT2D eigenvalue weighted by Crippen LogP contribution is 2.43. The van der Waals surface area contributed by atoms with Crippen LogP contribution in [-0.4, -0.2) is 52.1 Å². The number of rotatable bonds is 37. The molecule has 364 valence electrons. The molecular weight excluding hydrogens is 803 g/mol. The van der Waals surface area contributed by atoms with Crippen LogP contribution in [0.4, 0.5) is 0 Å². The second-order valence-corrected chi connectivity index (χ2v) is 23.6. The van der Waals surface area contributed by atoms with E-state index in [9.17, 15) is 0 Å². The highest BCUT2D eigenvalue weighted by molar-refractivity contribution is 6.64. The quantitative estimate of drug-likeness (QED) is 0.0219. The van der Waals surface area contributed by atoms with Gasteiger partial charge in [0, 0.05) is 18.6 Å². The molecule has 1 aromatic carbocycles. The molecule has 0 bridgehead atoms. The zero-order valence-electron chi connectivity index (χ0n) is 43.7. The molecule has 1 aliphatic heterocycles. The molecule has 0 spiro atoms. The fraction of sp³-hybridized carbons (Fsp3) is 0.724. The van der Waals surface area contributed by atoms with E-state index in [2.05, 4.69) is 123 Å². The van der Waals surface area contributed by atoms with Crippen LogP contribution in [-0.2, 0) is 15.3 Å². The molecule has 2 rings (SSSR count). The molecule has 0 radical (unpaired) electrons. The van der Waals surface area contributed by atoms with E-state index in [1.165, 1.54) is 111 Å². The van der Waals surface area contributed by atoms with Crippen LogP contribution in [0.5, 0.6) is 11.5 Å². The number of aryl methyl sites for hydroxylation is 1. The predicted octanol–water partition coefficient (Wildman–Crippen LogP) is 17.2. The molecule has 64 heavy (non-hydrogen) atoms. The largest absolute Gasteiger partial charge is 0.487 e. The molecule has 0 amide bonds. The number of ether oxygens (including phenoxy) is 2. The lowest BCUT2D eigenvalue weighted by Gasteiger charge is -2.38. The minimum absolute atomic E-state index is 0.175. The van der Waals surface area contributed by atoms with Crippen molar-refractivity contribution in [3.05, 3.63) is 69.9 Å². The molecule has 0 fully saturated rings. The van der Waals surface area contributed by atoms with Crippen LogP contribution in [0.25, 0.3) is 0 Å². The molecule has 0 aliphatic carbocycles. The van der Waals surface area contributed by atoms with Gasteiger partial charge < -0.3 is 18.3 Å². The van der Waals surface area contributed by atoms with Gasteiger partial charge in [-0.1, -0.05) is 124 Å². The Kier molecular flexibility index (Phi) is 30.4. The first-order chi connectivity index (χ1) is 30.7. The average molecular weight is 903 g/mol. The first-order valence-corrected chi connectivity index (χ1v) is 29.0. The molecule has 0 saturated heterocycles. The van der Waals surface area contributed by atoms with Gasteiger partial charge in [0.1, 0.15) is 17.1 Å². The van der Waals surface area contributed by atoms with E-state index in [1.807, 2.05) is 0 Å². The van der Waals surface area contributed by atoms with Crippen LogP contribution in [0.2, 0.25) is 13.1 Å². The summed E-state index contributed by atoms with van der Waals surface area (Å²) in [5, 5.41) is 0. The molecule has 1 aliphatic rings. The monoisotopic (exact) mass is 902 g/mol. The Labute approximate surface area is 397 Å². The molecule has 0 N–H and O–H groups in total. The SMILES string of the molecule is C#CCN(C)CCCCCCO[Si](C)(C)OC(CCCCCCC/C=C\CCCCCCCC)Oc1cc(C)c2c(c1C)CCC(C)(CC/C=C(\C)CC/C=C(\C)CCC=C(C)C)O2. The first kappa shape index (κ1) is 57.6. The number of allylic oxidation sites excluding steroid dienone is 8. The summed E-state index contributed by atoms with van der Waals surface area (Å²) in [6.45, 7) is 24.8. The molecule has 5 nitrogen and oxygen atoms in total. The Balaban J connectivity index is 1.98. The summed E-state index contributed by atoms with van der Waals surface area (Å²) >= 11 is 0. The second kappa shape index (κ2) is 33.8. The molecule has 6 heteroatoms. The number of terminal acetylenes is 1. The standard InChI is InChI=1S/C58H99NO4Si/c1-13-15-16-17-18-19-20-21-22-23-24-25-26-27-30-41-56(63-64(11,12)60-47-32-29-28-31-46-59(10)45-14-2)61-55-48-52(7)57-54(53(55)8)42-44-58(9,62-57)43-35-40-51(6)39-34-38-50(5)37-33-36-49(3)4/h2,21-22,36,38,40,48,56H,13,15-20,23-35,37,39,41-47H2,1,3-12H3/b22-21-,50-38+,51-40+. The number of fused-ring (bicyclic) bond motifs is 1. The van der Waals surface area contributed by atoms with Crippen LogP contribution >= 0.6 is 0 Å². The van der Waals surface area contributed by atoms with E-state index >= 15 is 0 Å². The van der Waals surface area contributed by atoms with Crippen LogP contribution < -0.4 is 9.47 Å². The fourth-order valence-corrected chi connectivity index (χ4v) is 10.2. The fourth-order valence-electron chi connectivity index (χ4n) is 8.72. The topological polar surface area (TPSA) is 40.2 Å². The van der Waals surface area contributed by atoms with E-state index in [0.717, 1.165) is 114 Å². The van der Waals surface area contributed by atoms with Crippen molar-refractivity contribution < 1.29 is 18.3 Å². The number of benzene rings is 1. The third-order valence-corrected chi connectivity index (χ3v) is 14.7. The van der Waals surface area contributed by atoms with Crippen molar-refractivity contribution in [2.45, 2.75) is 247 Å². The van der Waals surface area contributed by atoms with Crippen LogP contribution in [0.1, 0.15) is 219 Å². The number of hydrogen-bond acceptors (Lipinski definition) is 5. The van der Waals surface area contributed by atoms with Gasteiger partial charge in [0.05, 0.1) is 6.54 Å². The van der Waals surface area contributed by atoms with Gasteiger partial charge in [0.15, 0.2) is 6.29 Å². The van der Waals surface area contributed by atoms with Crippen molar-refractivity contribution in [2.75, 3.05) is 26.7 Å². The molecule has 1 heterocycles. The molecule has 0 aromatic heterocycles. The molecule has 2 atom stereocenters. The zero-order valence-corrected chi connectivity index (χ0v) is 44.7. The summed E-state index contributed by atoms with van der Waals surface area (Å²) < 4.78 is 27.2. The van der Waals surface area contributed by atoms with E-state index in [1.54, 1.807) is 0 Å². The third-order valence-electron chi connectivity index (χ3n) is 13.0. The lowest BCUT2D eigenvalue weighted by Crippen LogP contribution is -2.41. The van der Waals surface area contributed by atoms with Gasteiger partial charge in [0.2, 0.25) is 0 Å². The maximum absolute atomic E-state index is 6.92. The summed E-state index contributed by atoms with van der Waals surface area (Å²) in [4.78, 5) is 2.21. The number of nitrogens with zero attached hydrogens (tertiary/aromatic N) is 1. The lowest BCUT2D eigenvalue weighted by molar-refractivity contribution is -0.0312. The Morgan fingerprint density at radius 1 is 0.812 bits per heavy atom. The average Bonchev–Trinajstić information content (AvgIpc) is 3.23. The summed E-state index contributed by atoms with van der Waals surface area (Å²) in [6, 6.07) is 2.20. The van der Waals surface area contributed by atoms with Crippen molar-refractivity contribution in [3.8, 4) is 23.8 Å². The second-order valence-electron chi connectivity index (χ2n) is 20.3. The Morgan fingerprint density at radius 2 is 1.41 bits per heavy atom. The summed E-state index contributed by atoms with van der Waals surface area (Å²) in [7, 11) is -0.349. The number of unbranched alkanes of at least 4 members (excludes halogenated alkanes) is 14. The molecule has 0 saturated carbocycles. The minimum Gasteiger partial charge on any atom is -0.487 e. The van der Waals surface area contributed by atoms with E-state index in [-0.39, 0.29) is 11.9 Å². The van der Waals surface area contributed by atoms with Gasteiger partial charge in [0.25, 0.3) is 0 Å². The Bertz CT molecular complexity index is 1580. The summed E-state index contributed by atoms with van der Waals surface area (Å²) in [5.74, 6) is 4.72. The van der Waals surface area contributed by atoms with Gasteiger partial charge in [-0.05, 0) is 189 Å². The minimum atomic E-state index is -2.44. The molecule has 1 aromatic rings. The molecule has 2 unspecified atom stereocenters. The Morgan fingerprint density at radius 3 is 2.06 bits per heavy atom. The zero-order chi connectivity index (χ0) is 47.1. The normalized spacial score (nSPS) is 16.2. The van der Waals surface area contributed by atoms with Crippen LogP contribution in [0, 0.1) is 26.2 Å². The third kappa shape index (κ3) is 26.5. The highest BCUT2D eigenvalue weighted by atomic mass is 28.4. The highest BCUT2D eigenvalue weighted by Gasteiger charge is 2.35. The maximum Gasteiger partial charge on any atom is 0.334 e. The van der Waals surface area contributed by atoms with Crippen molar-refractivity contribution >= 4 is 8.56 Å². The maximum atomic E-state index is 6.92. The summed E-state index contributed by atoms with van der Waals surface area (Å²) in [5.41, 5.74) is 7.85. The Hall–Kier alpha value is -2.56. The van der Waals surface area contributed by atoms with Crippen molar-refractivity contribution in [3.63, 3.8) is 0 Å². The van der Waals surface area contributed by atoms with Crippen LogP contribution in [0.15, 0.2) is 53.2 Å². The van der Waals surface area contributed by atoms with Gasteiger partial charge in [-0.2, -0.15) is 0 Å². The van der Waals surface area contributed by atoms with E-state index in [0.29, 0.717) is 6.54 Å². The lowest BCUT2D eigenvalue weighted by atomic mass is 9.86. The first-order valence-electron chi connectivity index (χ1n) is 26.2. The number of hydrogen-bond donors (Lipinski definition) is 0. The summed E-state index contributed by atoms with van der Waals surface area (Å²) in [6.07, 6.45) is 48.0.